The van der Waals surface area contributed by atoms with Gasteiger partial charge in [-0.05, 0) is 29.7 Å². The molecular formula is C17H17NO2. The van der Waals surface area contributed by atoms with Gasteiger partial charge in [0.1, 0.15) is 5.75 Å². The lowest BCUT2D eigenvalue weighted by atomic mass is 9.99. The van der Waals surface area contributed by atoms with Crippen LogP contribution in [-0.2, 0) is 4.79 Å². The molecule has 0 bridgehead atoms. The van der Waals surface area contributed by atoms with E-state index in [1.54, 1.807) is 4.90 Å². The summed E-state index contributed by atoms with van der Waals surface area (Å²) in [6.07, 6.45) is 0. The van der Waals surface area contributed by atoms with E-state index in [4.69, 9.17) is 4.74 Å². The third kappa shape index (κ3) is 2.05. The van der Waals surface area contributed by atoms with Crippen LogP contribution >= 0.6 is 0 Å². The number of hydrogen-bond donors (Lipinski definition) is 0. The van der Waals surface area contributed by atoms with E-state index < -0.39 is 0 Å². The van der Waals surface area contributed by atoms with Crippen molar-refractivity contribution in [2.45, 2.75) is 19.8 Å². The van der Waals surface area contributed by atoms with Crippen molar-refractivity contribution in [3.05, 3.63) is 54.1 Å². The minimum atomic E-state index is -0.0307. The summed E-state index contributed by atoms with van der Waals surface area (Å²) in [7, 11) is 0. The van der Waals surface area contributed by atoms with Gasteiger partial charge < -0.3 is 4.74 Å². The predicted octanol–water partition coefficient (Wildman–Crippen LogP) is 3.87. The standard InChI is InChI=1S/C17H17NO2/c1-12(2)13-7-3-4-8-14(13)18-15-9-5-6-10-16(15)20-11-17(18)19/h3-10,12H,11H2,1-2H3. The molecule has 2 aromatic carbocycles. The van der Waals surface area contributed by atoms with Crippen molar-refractivity contribution in [1.29, 1.82) is 0 Å². The van der Waals surface area contributed by atoms with E-state index in [1.165, 1.54) is 0 Å². The Morgan fingerprint density at radius 2 is 1.65 bits per heavy atom. The molecule has 1 amide bonds. The zero-order chi connectivity index (χ0) is 14.1. The average molecular weight is 267 g/mol. The lowest BCUT2D eigenvalue weighted by Gasteiger charge is -2.31. The predicted molar refractivity (Wildman–Crippen MR) is 79.6 cm³/mol. The molecule has 0 atom stereocenters. The number of hydrogen-bond acceptors (Lipinski definition) is 2. The number of para-hydroxylation sites is 3. The molecule has 0 N–H and O–H groups in total. The Bertz CT molecular complexity index is 649. The summed E-state index contributed by atoms with van der Waals surface area (Å²) in [5.74, 6) is 1.08. The highest BCUT2D eigenvalue weighted by Crippen LogP contribution is 2.39. The van der Waals surface area contributed by atoms with E-state index in [9.17, 15) is 4.79 Å². The minimum Gasteiger partial charge on any atom is -0.482 e. The van der Waals surface area contributed by atoms with Crippen molar-refractivity contribution < 1.29 is 9.53 Å². The van der Waals surface area contributed by atoms with Gasteiger partial charge in [0.15, 0.2) is 6.61 Å². The number of rotatable bonds is 2. The molecule has 1 heterocycles. The van der Waals surface area contributed by atoms with Gasteiger partial charge in [-0.3, -0.25) is 9.69 Å². The third-order valence-electron chi connectivity index (χ3n) is 3.51. The van der Waals surface area contributed by atoms with Gasteiger partial charge in [0, 0.05) is 0 Å². The van der Waals surface area contributed by atoms with Crippen LogP contribution in [0.3, 0.4) is 0 Å². The monoisotopic (exact) mass is 267 g/mol. The van der Waals surface area contributed by atoms with Crippen molar-refractivity contribution in [3.63, 3.8) is 0 Å². The summed E-state index contributed by atoms with van der Waals surface area (Å²) in [4.78, 5) is 14.1. The number of carbonyl (C=O) groups is 1. The Morgan fingerprint density at radius 1 is 1.00 bits per heavy atom. The smallest absolute Gasteiger partial charge is 0.269 e. The van der Waals surface area contributed by atoms with Crippen LogP contribution in [0, 0.1) is 0 Å². The molecule has 0 aromatic heterocycles. The van der Waals surface area contributed by atoms with Crippen LogP contribution in [0.4, 0.5) is 11.4 Å². The van der Waals surface area contributed by atoms with Crippen LogP contribution in [-0.4, -0.2) is 12.5 Å². The summed E-state index contributed by atoms with van der Waals surface area (Å²) in [5.41, 5.74) is 2.93. The van der Waals surface area contributed by atoms with Crippen molar-refractivity contribution in [2.75, 3.05) is 11.5 Å². The van der Waals surface area contributed by atoms with Crippen LogP contribution in [0.5, 0.6) is 5.75 Å². The summed E-state index contributed by atoms with van der Waals surface area (Å²) in [6.45, 7) is 4.36. The number of carbonyl (C=O) groups excluding carboxylic acids is 1. The van der Waals surface area contributed by atoms with Gasteiger partial charge in [-0.2, -0.15) is 0 Å². The molecule has 0 aliphatic carbocycles. The first kappa shape index (κ1) is 12.7. The molecule has 2 aromatic rings. The zero-order valence-electron chi connectivity index (χ0n) is 11.7. The number of ether oxygens (including phenoxy) is 1. The maximum absolute atomic E-state index is 12.3. The van der Waals surface area contributed by atoms with Crippen LogP contribution in [0.1, 0.15) is 25.3 Å². The van der Waals surface area contributed by atoms with Gasteiger partial charge in [-0.15, -0.1) is 0 Å². The summed E-state index contributed by atoms with van der Waals surface area (Å²) < 4.78 is 5.50. The van der Waals surface area contributed by atoms with Gasteiger partial charge >= 0.3 is 0 Å². The number of fused-ring (bicyclic) bond motifs is 1. The number of anilines is 2. The van der Waals surface area contributed by atoms with Crippen LogP contribution < -0.4 is 9.64 Å². The second kappa shape index (κ2) is 5.00. The van der Waals surface area contributed by atoms with E-state index in [0.29, 0.717) is 5.92 Å². The number of benzene rings is 2. The molecule has 0 unspecified atom stereocenters. The van der Waals surface area contributed by atoms with Crippen molar-refractivity contribution >= 4 is 17.3 Å². The normalized spacial score (nSPS) is 14.2. The van der Waals surface area contributed by atoms with E-state index in [-0.39, 0.29) is 12.5 Å². The summed E-state index contributed by atoms with van der Waals surface area (Å²) >= 11 is 0. The lowest BCUT2D eigenvalue weighted by Crippen LogP contribution is -2.35. The zero-order valence-corrected chi connectivity index (χ0v) is 11.7. The first-order valence-corrected chi connectivity index (χ1v) is 6.82. The Morgan fingerprint density at radius 3 is 2.40 bits per heavy atom. The maximum Gasteiger partial charge on any atom is 0.269 e. The van der Waals surface area contributed by atoms with Crippen molar-refractivity contribution in [1.82, 2.24) is 0 Å². The molecule has 1 aliphatic heterocycles. The molecule has 1 aliphatic rings. The Kier molecular flexibility index (Phi) is 3.18. The first-order valence-electron chi connectivity index (χ1n) is 6.82. The Labute approximate surface area is 118 Å². The van der Waals surface area contributed by atoms with E-state index in [1.807, 2.05) is 42.5 Å². The quantitative estimate of drug-likeness (QED) is 0.826. The molecule has 20 heavy (non-hydrogen) atoms. The van der Waals surface area contributed by atoms with Crippen molar-refractivity contribution in [2.24, 2.45) is 0 Å². The van der Waals surface area contributed by atoms with Gasteiger partial charge in [0.25, 0.3) is 5.91 Å². The molecule has 0 saturated carbocycles. The number of amides is 1. The van der Waals surface area contributed by atoms with Gasteiger partial charge in [0.2, 0.25) is 0 Å². The summed E-state index contributed by atoms with van der Waals surface area (Å²) in [5, 5.41) is 0. The summed E-state index contributed by atoms with van der Waals surface area (Å²) in [6, 6.07) is 15.7. The fourth-order valence-corrected chi connectivity index (χ4v) is 2.55. The highest BCUT2D eigenvalue weighted by molar-refractivity contribution is 6.04. The van der Waals surface area contributed by atoms with Crippen LogP contribution in [0.2, 0.25) is 0 Å². The lowest BCUT2D eigenvalue weighted by molar-refractivity contribution is -0.120. The van der Waals surface area contributed by atoms with E-state index in [0.717, 1.165) is 22.7 Å². The maximum atomic E-state index is 12.3. The molecule has 0 radical (unpaired) electrons. The van der Waals surface area contributed by atoms with E-state index in [2.05, 4.69) is 19.9 Å². The second-order valence-corrected chi connectivity index (χ2v) is 5.20. The largest absolute Gasteiger partial charge is 0.482 e. The molecule has 3 heteroatoms. The fraction of sp³-hybridized carbons (Fsp3) is 0.235. The molecular weight excluding hydrogens is 250 g/mol. The first-order chi connectivity index (χ1) is 9.68. The Hall–Kier alpha value is -2.29. The van der Waals surface area contributed by atoms with Gasteiger partial charge in [-0.1, -0.05) is 44.2 Å². The molecule has 0 saturated heterocycles. The van der Waals surface area contributed by atoms with Crippen LogP contribution in [0.25, 0.3) is 0 Å². The fourth-order valence-electron chi connectivity index (χ4n) is 2.55. The molecule has 3 rings (SSSR count). The van der Waals surface area contributed by atoms with E-state index >= 15 is 0 Å². The topological polar surface area (TPSA) is 29.5 Å². The minimum absolute atomic E-state index is 0.0307. The highest BCUT2D eigenvalue weighted by atomic mass is 16.5. The Balaban J connectivity index is 2.17. The average Bonchev–Trinajstić information content (AvgIpc) is 2.47. The molecule has 3 nitrogen and oxygen atoms in total. The van der Waals surface area contributed by atoms with Gasteiger partial charge in [0.05, 0.1) is 11.4 Å². The second-order valence-electron chi connectivity index (χ2n) is 5.20. The third-order valence-corrected chi connectivity index (χ3v) is 3.51. The van der Waals surface area contributed by atoms with Crippen molar-refractivity contribution in [3.8, 4) is 5.75 Å². The molecule has 0 fully saturated rings. The van der Waals surface area contributed by atoms with Crippen LogP contribution in [0.15, 0.2) is 48.5 Å². The molecule has 102 valence electrons. The number of nitrogens with zero attached hydrogens (tertiary/aromatic N) is 1. The SMILES string of the molecule is CC(C)c1ccccc1N1C(=O)COc2ccccc21. The highest BCUT2D eigenvalue weighted by Gasteiger charge is 2.28. The molecule has 0 spiro atoms. The van der Waals surface area contributed by atoms with Gasteiger partial charge in [-0.25, -0.2) is 0 Å².